The van der Waals surface area contributed by atoms with Gasteiger partial charge in [-0.2, -0.15) is 0 Å². The molecule has 0 N–H and O–H groups in total. The number of hydrogen-bond donors (Lipinski definition) is 0. The fourth-order valence-corrected chi connectivity index (χ4v) is 4.87. The average Bonchev–Trinajstić information content (AvgIpc) is 3.40. The second kappa shape index (κ2) is 8.53. The third-order valence-corrected chi connectivity index (χ3v) is 6.56. The lowest BCUT2D eigenvalue weighted by Gasteiger charge is -2.36. The van der Waals surface area contributed by atoms with Crippen LogP contribution in [0.5, 0.6) is 0 Å². The first-order chi connectivity index (χ1) is 22.2. The van der Waals surface area contributed by atoms with E-state index in [4.69, 9.17) is 6.85 Å². The molecule has 1 aromatic heterocycles. The molecular weight excluding hydrogens is 438 g/mol. The number of rotatable bonds is 3. The van der Waals surface area contributed by atoms with Gasteiger partial charge in [-0.1, -0.05) is 116 Å². The van der Waals surface area contributed by atoms with Crippen LogP contribution >= 0.6 is 0 Å². The number of aromatic nitrogens is 3. The van der Waals surface area contributed by atoms with E-state index in [0.717, 1.165) is 0 Å². The predicted molar refractivity (Wildman–Crippen MR) is 145 cm³/mol. The Morgan fingerprint density at radius 3 is 1.78 bits per heavy atom. The van der Waals surface area contributed by atoms with Gasteiger partial charge in [-0.15, -0.1) is 0 Å². The molecule has 7 rings (SSSR count). The third-order valence-electron chi connectivity index (χ3n) is 6.56. The third kappa shape index (κ3) is 3.38. The largest absolute Gasteiger partial charge is 0.208 e. The Kier molecular flexibility index (Phi) is 3.02. The molecule has 1 spiro atoms. The first-order valence-corrected chi connectivity index (χ1v) is 11.9. The maximum Gasteiger partial charge on any atom is 0.164 e. The second-order valence-electron chi connectivity index (χ2n) is 8.75. The van der Waals surface area contributed by atoms with E-state index in [-0.39, 0.29) is 64.6 Å². The molecule has 0 saturated heterocycles. The van der Waals surface area contributed by atoms with Gasteiger partial charge in [0, 0.05) is 27.6 Å². The summed E-state index contributed by atoms with van der Waals surface area (Å²) in [4.78, 5) is 13.9. The Balaban J connectivity index is 1.64. The second-order valence-corrected chi connectivity index (χ2v) is 8.75. The standard InChI is InChI=1S/C33H27N3/c1-4-12-23(13-5-1)30-34-31(24-14-6-2-7-15-24)36-32(35-30)25-18-19-27-26-16-8-9-17-28(26)33(29(27)22-25)20-10-3-11-21-33/h1-2,4-9,12-19,22H,3,10-11,20-21H2/i8D,9D,16D,17D,18D,19D,20D2,21D2,22D. The lowest BCUT2D eigenvalue weighted by molar-refractivity contribution is 0.353. The van der Waals surface area contributed by atoms with Crippen LogP contribution < -0.4 is 0 Å². The van der Waals surface area contributed by atoms with Gasteiger partial charge < -0.3 is 0 Å². The minimum atomic E-state index is -2.44. The Labute approximate surface area is 227 Å². The van der Waals surface area contributed by atoms with E-state index < -0.39 is 60.5 Å². The summed E-state index contributed by atoms with van der Waals surface area (Å²) in [5.41, 5.74) is -2.50. The van der Waals surface area contributed by atoms with Gasteiger partial charge in [-0.25, -0.2) is 15.0 Å². The van der Waals surface area contributed by atoms with Gasteiger partial charge in [0.25, 0.3) is 0 Å². The highest BCUT2D eigenvalue weighted by molar-refractivity contribution is 5.83. The molecule has 4 aromatic carbocycles. The normalized spacial score (nSPS) is 22.6. The molecule has 0 unspecified atom stereocenters. The van der Waals surface area contributed by atoms with Gasteiger partial charge in [-0.3, -0.25) is 0 Å². The summed E-state index contributed by atoms with van der Waals surface area (Å²) >= 11 is 0. The van der Waals surface area contributed by atoms with Crippen LogP contribution in [0.15, 0.2) is 103 Å². The van der Waals surface area contributed by atoms with Gasteiger partial charge in [0.2, 0.25) is 0 Å². The SMILES string of the molecule is [2H]c1c([2H])c([2H])c2c(c1[2H])-c1c([2H])c([2H])c(-c3nc(-c4ccccc4)nc(-c4ccccc4)n3)c([2H])c1C21C([2H])([2H])CCCC1([2H])[2H]. The summed E-state index contributed by atoms with van der Waals surface area (Å²) < 4.78 is 99.9. The van der Waals surface area contributed by atoms with Gasteiger partial charge >= 0.3 is 0 Å². The average molecular weight is 477 g/mol. The monoisotopic (exact) mass is 476 g/mol. The molecule has 0 radical (unpaired) electrons. The molecular formula is C33H27N3. The van der Waals surface area contributed by atoms with E-state index in [9.17, 15) is 8.22 Å². The van der Waals surface area contributed by atoms with E-state index in [1.165, 1.54) is 0 Å². The van der Waals surface area contributed by atoms with Crippen LogP contribution in [0.25, 0.3) is 45.3 Å². The molecule has 1 heterocycles. The summed E-state index contributed by atoms with van der Waals surface area (Å²) in [7, 11) is 0. The number of fused-ring (bicyclic) bond motifs is 5. The van der Waals surface area contributed by atoms with Crippen molar-refractivity contribution in [2.75, 3.05) is 0 Å². The highest BCUT2D eigenvalue weighted by Crippen LogP contribution is 2.56. The molecule has 3 nitrogen and oxygen atoms in total. The van der Waals surface area contributed by atoms with E-state index >= 15 is 0 Å². The first kappa shape index (κ1) is 12.7. The molecule has 5 aromatic rings. The zero-order valence-electron chi connectivity index (χ0n) is 30.2. The highest BCUT2D eigenvalue weighted by Gasteiger charge is 2.43. The van der Waals surface area contributed by atoms with E-state index in [2.05, 4.69) is 15.0 Å². The van der Waals surface area contributed by atoms with Crippen molar-refractivity contribution < 1.29 is 15.1 Å². The van der Waals surface area contributed by atoms with Crippen molar-refractivity contribution in [2.24, 2.45) is 0 Å². The van der Waals surface area contributed by atoms with Crippen LogP contribution in [0.2, 0.25) is 0 Å². The van der Waals surface area contributed by atoms with Crippen LogP contribution in [-0.2, 0) is 5.41 Å². The van der Waals surface area contributed by atoms with Crippen LogP contribution in [0, 0.1) is 0 Å². The Morgan fingerprint density at radius 1 is 0.583 bits per heavy atom. The van der Waals surface area contributed by atoms with Gasteiger partial charge in [-0.05, 0) is 41.0 Å². The van der Waals surface area contributed by atoms with Gasteiger partial charge in [0.1, 0.15) is 0 Å². The molecule has 0 bridgehead atoms. The quantitative estimate of drug-likeness (QED) is 0.264. The Morgan fingerprint density at radius 2 is 1.14 bits per heavy atom. The van der Waals surface area contributed by atoms with E-state index in [1.807, 2.05) is 12.1 Å². The highest BCUT2D eigenvalue weighted by atomic mass is 15.0. The zero-order chi connectivity index (χ0) is 33.6. The minimum absolute atomic E-state index is 0.147. The van der Waals surface area contributed by atoms with Gasteiger partial charge in [0.15, 0.2) is 17.5 Å². The minimum Gasteiger partial charge on any atom is -0.208 e. The Bertz CT molecular complexity index is 2030. The van der Waals surface area contributed by atoms with Crippen molar-refractivity contribution >= 4 is 0 Å². The molecule has 3 heteroatoms. The number of nitrogens with zero attached hydrogens (tertiary/aromatic N) is 3. The summed E-state index contributed by atoms with van der Waals surface area (Å²) in [5.74, 6) is 0.300. The predicted octanol–water partition coefficient (Wildman–Crippen LogP) is 8.10. The van der Waals surface area contributed by atoms with E-state index in [1.54, 1.807) is 48.5 Å². The van der Waals surface area contributed by atoms with Crippen LogP contribution in [-0.4, -0.2) is 15.0 Å². The summed E-state index contributed by atoms with van der Waals surface area (Å²) in [6.45, 7) is 0. The van der Waals surface area contributed by atoms with E-state index in [0.29, 0.717) is 11.1 Å². The van der Waals surface area contributed by atoms with Crippen molar-refractivity contribution in [3.63, 3.8) is 0 Å². The molecule has 174 valence electrons. The maximum absolute atomic E-state index is 9.64. The fourth-order valence-electron chi connectivity index (χ4n) is 4.87. The summed E-state index contributed by atoms with van der Waals surface area (Å²) in [5, 5.41) is 0. The molecule has 1 saturated carbocycles. The van der Waals surface area contributed by atoms with Crippen LogP contribution in [0.3, 0.4) is 0 Å². The lowest BCUT2D eigenvalue weighted by atomic mass is 9.67. The van der Waals surface area contributed by atoms with Crippen molar-refractivity contribution in [2.45, 2.75) is 37.4 Å². The first-order valence-electron chi connectivity index (χ1n) is 17.4. The zero-order valence-corrected chi connectivity index (χ0v) is 19.2. The van der Waals surface area contributed by atoms with Crippen molar-refractivity contribution in [3.05, 3.63) is 114 Å². The molecule has 0 amide bonds. The molecule has 2 aliphatic carbocycles. The summed E-state index contributed by atoms with van der Waals surface area (Å²) in [6.07, 6.45) is -5.03. The van der Waals surface area contributed by atoms with Crippen molar-refractivity contribution in [1.29, 1.82) is 0 Å². The molecule has 36 heavy (non-hydrogen) atoms. The van der Waals surface area contributed by atoms with Crippen molar-refractivity contribution in [3.8, 4) is 45.3 Å². The lowest BCUT2D eigenvalue weighted by Crippen LogP contribution is -2.28. The molecule has 0 atom stereocenters. The van der Waals surface area contributed by atoms with Crippen LogP contribution in [0.4, 0.5) is 0 Å². The smallest absolute Gasteiger partial charge is 0.164 e. The van der Waals surface area contributed by atoms with Crippen LogP contribution in [0.1, 0.15) is 58.2 Å². The maximum atomic E-state index is 9.64. The van der Waals surface area contributed by atoms with Gasteiger partial charge in [0.05, 0.1) is 9.60 Å². The van der Waals surface area contributed by atoms with Crippen molar-refractivity contribution in [1.82, 2.24) is 15.0 Å². The summed E-state index contributed by atoms with van der Waals surface area (Å²) in [6, 6.07) is 14.0. The molecule has 1 fully saturated rings. The number of benzene rings is 4. The molecule has 0 aliphatic heterocycles. The molecule has 2 aliphatic rings. The topological polar surface area (TPSA) is 38.7 Å². The number of hydrogen-bond acceptors (Lipinski definition) is 3. The fraction of sp³-hybridized carbons (Fsp3) is 0.182. The Hall–Kier alpha value is -4.11.